The van der Waals surface area contributed by atoms with E-state index in [9.17, 15) is 14.4 Å². The number of nitrogens with zero attached hydrogens (tertiary/aromatic N) is 2. The van der Waals surface area contributed by atoms with Crippen molar-refractivity contribution in [2.45, 2.75) is 72.1 Å². The molecule has 1 atom stereocenters. The number of hydrogen-bond donors (Lipinski definition) is 0. The fourth-order valence-electron chi connectivity index (χ4n) is 5.00. The molecule has 3 aromatic rings. The number of fused-ring (bicyclic) bond motifs is 5. The molecule has 1 unspecified atom stereocenters. The van der Waals surface area contributed by atoms with Gasteiger partial charge in [0, 0.05) is 10.9 Å². The van der Waals surface area contributed by atoms with Crippen LogP contribution in [-0.2, 0) is 33.8 Å². The van der Waals surface area contributed by atoms with Gasteiger partial charge >= 0.3 is 12.1 Å². The Bertz CT molecular complexity index is 1450. The summed E-state index contributed by atoms with van der Waals surface area (Å²) in [7, 11) is 0. The summed E-state index contributed by atoms with van der Waals surface area (Å²) >= 11 is 0. The van der Waals surface area contributed by atoms with Crippen molar-refractivity contribution in [1.82, 2.24) is 9.55 Å². The minimum Gasteiger partial charge on any atom is -0.460 e. The van der Waals surface area contributed by atoms with E-state index in [1.165, 1.54) is 0 Å². The molecular formula is C27H28N2O6. The molecule has 2 aromatic heterocycles. The lowest BCUT2D eigenvalue weighted by atomic mass is 9.90. The van der Waals surface area contributed by atoms with Crippen molar-refractivity contribution in [1.29, 1.82) is 0 Å². The molecule has 0 amide bonds. The number of cyclic esters (lactones) is 1. The van der Waals surface area contributed by atoms with Gasteiger partial charge in [-0.25, -0.2) is 9.78 Å². The molecule has 0 saturated carbocycles. The van der Waals surface area contributed by atoms with Crippen molar-refractivity contribution < 1.29 is 23.8 Å². The molecule has 5 rings (SSSR count). The Labute approximate surface area is 202 Å². The van der Waals surface area contributed by atoms with Gasteiger partial charge in [0.25, 0.3) is 5.56 Å². The largest absolute Gasteiger partial charge is 0.514 e. The van der Waals surface area contributed by atoms with Crippen molar-refractivity contribution in [3.63, 3.8) is 0 Å². The van der Waals surface area contributed by atoms with Crippen LogP contribution in [0.1, 0.15) is 69.2 Å². The van der Waals surface area contributed by atoms with E-state index in [-0.39, 0.29) is 18.1 Å². The second-order valence-corrected chi connectivity index (χ2v) is 9.94. The number of ether oxygens (including phenoxy) is 3. The summed E-state index contributed by atoms with van der Waals surface area (Å²) in [6.07, 6.45) is 0.502. The van der Waals surface area contributed by atoms with E-state index in [0.29, 0.717) is 30.7 Å². The van der Waals surface area contributed by atoms with Gasteiger partial charge in [-0.3, -0.25) is 9.59 Å². The Morgan fingerprint density at radius 2 is 1.94 bits per heavy atom. The van der Waals surface area contributed by atoms with Crippen LogP contribution in [-0.4, -0.2) is 27.3 Å². The lowest BCUT2D eigenvalue weighted by Gasteiger charge is -2.24. The number of aromatic nitrogens is 2. The van der Waals surface area contributed by atoms with E-state index in [2.05, 4.69) is 0 Å². The smallest absolute Gasteiger partial charge is 0.460 e. The molecule has 0 aliphatic carbocycles. The lowest BCUT2D eigenvalue weighted by molar-refractivity contribution is -0.148. The highest BCUT2D eigenvalue weighted by Gasteiger charge is 2.34. The van der Waals surface area contributed by atoms with Gasteiger partial charge in [-0.05, 0) is 69.0 Å². The fraction of sp³-hybridized carbons (Fsp3) is 0.407. The first-order chi connectivity index (χ1) is 16.6. The molecule has 182 valence electrons. The Hall–Kier alpha value is -3.68. The number of rotatable bonds is 3. The Morgan fingerprint density at radius 1 is 1.17 bits per heavy atom. The number of carbonyl (C=O) groups excluding carboxylic acids is 2. The van der Waals surface area contributed by atoms with Gasteiger partial charge in [-0.15, -0.1) is 0 Å². The van der Waals surface area contributed by atoms with Gasteiger partial charge in [0.1, 0.15) is 18.0 Å². The van der Waals surface area contributed by atoms with E-state index in [1.54, 1.807) is 43.5 Å². The van der Waals surface area contributed by atoms with Crippen LogP contribution >= 0.6 is 0 Å². The molecule has 4 heterocycles. The SMILES string of the molecule is CCc1c2c(nc3ccc(OC(=O)OC(C)(C)C)cc13)-c1cc3c(c(=O)n1C2)COC(=O)C3CC. The molecule has 2 aliphatic rings. The molecule has 0 radical (unpaired) electrons. The summed E-state index contributed by atoms with van der Waals surface area (Å²) in [4.78, 5) is 42.8. The van der Waals surface area contributed by atoms with Gasteiger partial charge in [0.05, 0.1) is 34.9 Å². The van der Waals surface area contributed by atoms with Crippen LogP contribution in [0.4, 0.5) is 4.79 Å². The van der Waals surface area contributed by atoms with E-state index in [1.807, 2.05) is 19.9 Å². The number of hydrogen-bond acceptors (Lipinski definition) is 7. The molecule has 0 bridgehead atoms. The van der Waals surface area contributed by atoms with Gasteiger partial charge in [-0.2, -0.15) is 0 Å². The zero-order valence-electron chi connectivity index (χ0n) is 20.6. The Morgan fingerprint density at radius 3 is 2.63 bits per heavy atom. The number of esters is 1. The second-order valence-electron chi connectivity index (χ2n) is 9.94. The standard InChI is InChI=1S/C27H28N2O6/c1-6-15-18-10-14(34-26(32)35-27(3,4)5)8-9-21(18)28-23-19(15)12-29-22(23)11-17-16(7-2)25(31)33-13-20(17)24(29)30/h8-11,16H,6-7,12-13H2,1-5H3. The first-order valence-electron chi connectivity index (χ1n) is 11.9. The average molecular weight is 477 g/mol. The summed E-state index contributed by atoms with van der Waals surface area (Å²) in [6.45, 7) is 9.69. The van der Waals surface area contributed by atoms with E-state index in [0.717, 1.165) is 39.0 Å². The summed E-state index contributed by atoms with van der Waals surface area (Å²) in [5.41, 5.74) is 4.72. The third kappa shape index (κ3) is 3.87. The van der Waals surface area contributed by atoms with Crippen molar-refractivity contribution >= 4 is 23.0 Å². The van der Waals surface area contributed by atoms with Crippen LogP contribution in [0, 0.1) is 0 Å². The van der Waals surface area contributed by atoms with Crippen LogP contribution < -0.4 is 10.3 Å². The van der Waals surface area contributed by atoms with Gasteiger partial charge in [0.15, 0.2) is 0 Å². The van der Waals surface area contributed by atoms with Crippen LogP contribution in [0.3, 0.4) is 0 Å². The number of pyridine rings is 2. The van der Waals surface area contributed by atoms with Gasteiger partial charge < -0.3 is 18.8 Å². The van der Waals surface area contributed by atoms with Gasteiger partial charge in [-0.1, -0.05) is 13.8 Å². The second kappa shape index (κ2) is 8.22. The molecule has 0 fully saturated rings. The number of benzene rings is 1. The summed E-state index contributed by atoms with van der Waals surface area (Å²) < 4.78 is 17.7. The third-order valence-electron chi connectivity index (χ3n) is 6.54. The molecule has 8 heteroatoms. The molecule has 8 nitrogen and oxygen atoms in total. The maximum atomic E-state index is 13.4. The zero-order valence-corrected chi connectivity index (χ0v) is 20.6. The van der Waals surface area contributed by atoms with Crippen molar-refractivity contribution in [3.05, 3.63) is 56.9 Å². The predicted molar refractivity (Wildman–Crippen MR) is 130 cm³/mol. The van der Waals surface area contributed by atoms with Crippen molar-refractivity contribution in [3.8, 4) is 17.1 Å². The average Bonchev–Trinajstić information content (AvgIpc) is 3.14. The highest BCUT2D eigenvalue weighted by molar-refractivity contribution is 5.90. The highest BCUT2D eigenvalue weighted by Crippen LogP contribution is 2.39. The van der Waals surface area contributed by atoms with Crippen molar-refractivity contribution in [2.24, 2.45) is 0 Å². The first-order valence-corrected chi connectivity index (χ1v) is 11.9. The van der Waals surface area contributed by atoms with Gasteiger partial charge in [0.2, 0.25) is 0 Å². The summed E-state index contributed by atoms with van der Waals surface area (Å²) in [5.74, 6) is -0.367. The molecule has 0 saturated heterocycles. The Kier molecular flexibility index (Phi) is 5.42. The lowest BCUT2D eigenvalue weighted by Crippen LogP contribution is -2.32. The van der Waals surface area contributed by atoms with Crippen LogP contribution in [0.15, 0.2) is 29.1 Å². The van der Waals surface area contributed by atoms with E-state index in [4.69, 9.17) is 19.2 Å². The predicted octanol–water partition coefficient (Wildman–Crippen LogP) is 4.85. The molecule has 0 spiro atoms. The minimum absolute atomic E-state index is 0.00152. The quantitative estimate of drug-likeness (QED) is 0.308. The van der Waals surface area contributed by atoms with Crippen LogP contribution in [0.5, 0.6) is 5.75 Å². The van der Waals surface area contributed by atoms with E-state index >= 15 is 0 Å². The summed E-state index contributed by atoms with van der Waals surface area (Å²) in [6, 6.07) is 7.22. The zero-order chi connectivity index (χ0) is 25.1. The molecular weight excluding hydrogens is 448 g/mol. The topological polar surface area (TPSA) is 96.7 Å². The first kappa shape index (κ1) is 23.1. The Balaban J connectivity index is 1.62. The molecule has 1 aromatic carbocycles. The maximum absolute atomic E-state index is 13.4. The number of aryl methyl sites for hydroxylation is 1. The fourth-order valence-corrected chi connectivity index (χ4v) is 5.00. The minimum atomic E-state index is -0.768. The number of carbonyl (C=O) groups is 2. The van der Waals surface area contributed by atoms with Crippen molar-refractivity contribution in [2.75, 3.05) is 0 Å². The molecule has 0 N–H and O–H groups in total. The normalized spacial score (nSPS) is 16.4. The maximum Gasteiger partial charge on any atom is 0.514 e. The highest BCUT2D eigenvalue weighted by atomic mass is 16.7. The molecule has 2 aliphatic heterocycles. The molecule has 35 heavy (non-hydrogen) atoms. The van der Waals surface area contributed by atoms with E-state index < -0.39 is 17.7 Å². The summed E-state index contributed by atoms with van der Waals surface area (Å²) in [5, 5.41) is 0.864. The monoisotopic (exact) mass is 476 g/mol. The van der Waals surface area contributed by atoms with Crippen LogP contribution in [0.2, 0.25) is 0 Å². The third-order valence-corrected chi connectivity index (χ3v) is 6.54. The van der Waals surface area contributed by atoms with Crippen LogP contribution in [0.25, 0.3) is 22.3 Å².